The van der Waals surface area contributed by atoms with Gasteiger partial charge in [-0.15, -0.1) is 0 Å². The molecule has 0 aromatic heterocycles. The molecule has 0 saturated heterocycles. The van der Waals surface area contributed by atoms with Gasteiger partial charge in [0, 0.05) is 0 Å². The molecule has 1 saturated carbocycles. The maximum Gasteiger partial charge on any atom is -0.00187 e. The van der Waals surface area contributed by atoms with E-state index in [1.165, 1.54) is 110 Å². The fourth-order valence-corrected chi connectivity index (χ4v) is 3.92. The summed E-state index contributed by atoms with van der Waals surface area (Å²) in [6.45, 7) is 8.54. The van der Waals surface area contributed by atoms with Crippen LogP contribution < -0.4 is 0 Å². The summed E-state index contributed by atoms with van der Waals surface area (Å²) >= 11 is 0. The van der Waals surface area contributed by atoms with Crippen LogP contribution in [0.25, 0.3) is 0 Å². The van der Waals surface area contributed by atoms with E-state index in [2.05, 4.69) is 18.7 Å². The van der Waals surface area contributed by atoms with Gasteiger partial charge in [0.2, 0.25) is 0 Å². The van der Waals surface area contributed by atoms with Gasteiger partial charge in [-0.05, 0) is 44.8 Å². The Kier molecular flexibility index (Phi) is 15.7. The first-order valence-electron chi connectivity index (χ1n) is 10.1. The Morgan fingerprint density at radius 1 is 0.682 bits per heavy atom. The van der Waals surface area contributed by atoms with E-state index in [0.717, 1.165) is 5.92 Å². The molecule has 2 nitrogen and oxygen atoms in total. The quantitative estimate of drug-likeness (QED) is 0.408. The molecule has 2 heteroatoms. The lowest BCUT2D eigenvalue weighted by molar-refractivity contribution is 0.267. The van der Waals surface area contributed by atoms with Crippen molar-refractivity contribution in [2.24, 2.45) is 5.92 Å². The number of hydrogen-bond acceptors (Lipinski definition) is 1. The first-order valence-corrected chi connectivity index (χ1v) is 10.1. The van der Waals surface area contributed by atoms with E-state index in [1.807, 2.05) is 0 Å². The molecule has 134 valence electrons. The molecule has 0 aromatic carbocycles. The average Bonchev–Trinajstić information content (AvgIpc) is 2.51. The number of rotatable bonds is 13. The highest BCUT2D eigenvalue weighted by Crippen LogP contribution is 2.28. The second-order valence-corrected chi connectivity index (χ2v) is 7.26. The zero-order chi connectivity index (χ0) is 15.2. The van der Waals surface area contributed by atoms with E-state index in [9.17, 15) is 0 Å². The van der Waals surface area contributed by atoms with E-state index in [-0.39, 0.29) is 5.48 Å². The Balaban J connectivity index is 0.00000441. The van der Waals surface area contributed by atoms with E-state index in [0.29, 0.717) is 0 Å². The van der Waals surface area contributed by atoms with Crippen molar-refractivity contribution in [3.8, 4) is 0 Å². The second kappa shape index (κ2) is 15.8. The number of nitrogens with zero attached hydrogens (tertiary/aromatic N) is 1. The molecule has 0 unspecified atom stereocenters. The van der Waals surface area contributed by atoms with Gasteiger partial charge in [0.15, 0.2) is 0 Å². The van der Waals surface area contributed by atoms with Gasteiger partial charge in [-0.3, -0.25) is 0 Å². The van der Waals surface area contributed by atoms with Crippen molar-refractivity contribution in [1.82, 2.24) is 4.90 Å². The number of unbranched alkanes of at least 4 members (excludes halogenated alkanes) is 5. The normalized spacial score (nSPS) is 16.0. The van der Waals surface area contributed by atoms with Crippen LogP contribution in [-0.4, -0.2) is 30.0 Å². The lowest BCUT2D eigenvalue weighted by Gasteiger charge is -2.21. The Morgan fingerprint density at radius 3 is 1.82 bits per heavy atom. The van der Waals surface area contributed by atoms with Crippen LogP contribution >= 0.6 is 0 Å². The zero-order valence-electron chi connectivity index (χ0n) is 15.5. The lowest BCUT2D eigenvalue weighted by Crippen LogP contribution is -2.26. The molecule has 2 N–H and O–H groups in total. The molecular weight excluding hydrogens is 270 g/mol. The SMILES string of the molecule is CCCN(CCC)CCCCCCCCC1CCCCC1.O. The van der Waals surface area contributed by atoms with Gasteiger partial charge in [0.05, 0.1) is 0 Å². The maximum absolute atomic E-state index is 2.66. The molecule has 1 fully saturated rings. The van der Waals surface area contributed by atoms with Crippen molar-refractivity contribution >= 4 is 0 Å². The predicted octanol–water partition coefficient (Wildman–Crippen LogP) is 5.59. The van der Waals surface area contributed by atoms with Crippen LogP contribution in [0.5, 0.6) is 0 Å². The summed E-state index contributed by atoms with van der Waals surface area (Å²) < 4.78 is 0. The summed E-state index contributed by atoms with van der Waals surface area (Å²) in [6.07, 6.45) is 20.5. The smallest absolute Gasteiger partial charge is 0.00187 e. The molecule has 0 aliphatic heterocycles. The Bertz CT molecular complexity index is 208. The van der Waals surface area contributed by atoms with Crippen LogP contribution in [0.2, 0.25) is 0 Å². The highest BCUT2D eigenvalue weighted by molar-refractivity contribution is 4.65. The first kappa shape index (κ1) is 21.9. The van der Waals surface area contributed by atoms with E-state index < -0.39 is 0 Å². The molecule has 22 heavy (non-hydrogen) atoms. The zero-order valence-corrected chi connectivity index (χ0v) is 15.5. The van der Waals surface area contributed by atoms with Crippen molar-refractivity contribution in [2.45, 2.75) is 104 Å². The topological polar surface area (TPSA) is 34.7 Å². The van der Waals surface area contributed by atoms with Crippen molar-refractivity contribution < 1.29 is 5.48 Å². The van der Waals surface area contributed by atoms with Crippen molar-refractivity contribution in [3.05, 3.63) is 0 Å². The molecule has 1 aliphatic carbocycles. The lowest BCUT2D eigenvalue weighted by atomic mass is 9.85. The van der Waals surface area contributed by atoms with Gasteiger partial charge < -0.3 is 10.4 Å². The molecule has 1 rings (SSSR count). The van der Waals surface area contributed by atoms with Gasteiger partial charge in [0.1, 0.15) is 0 Å². The van der Waals surface area contributed by atoms with Gasteiger partial charge in [-0.1, -0.05) is 84.5 Å². The van der Waals surface area contributed by atoms with Gasteiger partial charge in [-0.25, -0.2) is 0 Å². The van der Waals surface area contributed by atoms with Crippen LogP contribution in [0.15, 0.2) is 0 Å². The molecule has 1 aliphatic rings. The summed E-state index contributed by atoms with van der Waals surface area (Å²) in [4.78, 5) is 2.66. The molecule has 0 amide bonds. The van der Waals surface area contributed by atoms with Crippen LogP contribution in [0, 0.1) is 5.92 Å². The van der Waals surface area contributed by atoms with E-state index in [4.69, 9.17) is 0 Å². The highest BCUT2D eigenvalue weighted by atomic mass is 16.0. The summed E-state index contributed by atoms with van der Waals surface area (Å²) in [7, 11) is 0. The van der Waals surface area contributed by atoms with Crippen molar-refractivity contribution in [2.75, 3.05) is 19.6 Å². The largest absolute Gasteiger partial charge is 0.412 e. The minimum Gasteiger partial charge on any atom is -0.412 e. The van der Waals surface area contributed by atoms with Crippen LogP contribution in [-0.2, 0) is 0 Å². The Labute approximate surface area is 140 Å². The molecule has 0 heterocycles. The summed E-state index contributed by atoms with van der Waals surface area (Å²) in [5, 5.41) is 0. The summed E-state index contributed by atoms with van der Waals surface area (Å²) in [5.74, 6) is 1.09. The van der Waals surface area contributed by atoms with Crippen LogP contribution in [0.1, 0.15) is 104 Å². The molecule has 0 radical (unpaired) electrons. The minimum atomic E-state index is 0. The number of hydrogen-bond donors (Lipinski definition) is 0. The molecule has 0 atom stereocenters. The van der Waals surface area contributed by atoms with Crippen LogP contribution in [0.3, 0.4) is 0 Å². The third-order valence-electron chi connectivity index (χ3n) is 5.14. The third-order valence-corrected chi connectivity index (χ3v) is 5.14. The van der Waals surface area contributed by atoms with Gasteiger partial charge in [-0.2, -0.15) is 0 Å². The molecule has 0 spiro atoms. The van der Waals surface area contributed by atoms with E-state index >= 15 is 0 Å². The Hall–Kier alpha value is -0.0800. The summed E-state index contributed by atoms with van der Waals surface area (Å²) in [5.41, 5.74) is 0. The molecule has 0 bridgehead atoms. The monoisotopic (exact) mass is 313 g/mol. The van der Waals surface area contributed by atoms with Gasteiger partial charge in [0.25, 0.3) is 0 Å². The highest BCUT2D eigenvalue weighted by Gasteiger charge is 2.12. The summed E-state index contributed by atoms with van der Waals surface area (Å²) in [6, 6.07) is 0. The molecule has 0 aromatic rings. The second-order valence-electron chi connectivity index (χ2n) is 7.26. The average molecular weight is 314 g/mol. The standard InChI is InChI=1S/C20H41N.H2O/c1-3-17-21(18-4-2)19-13-8-6-5-7-10-14-20-15-11-9-12-16-20;/h20H,3-19H2,1-2H3;1H2. The third kappa shape index (κ3) is 11.5. The fourth-order valence-electron chi connectivity index (χ4n) is 3.92. The van der Waals surface area contributed by atoms with Crippen molar-refractivity contribution in [3.63, 3.8) is 0 Å². The first-order chi connectivity index (χ1) is 10.4. The van der Waals surface area contributed by atoms with Crippen molar-refractivity contribution in [1.29, 1.82) is 0 Å². The van der Waals surface area contributed by atoms with Crippen LogP contribution in [0.4, 0.5) is 0 Å². The maximum atomic E-state index is 2.66. The van der Waals surface area contributed by atoms with E-state index in [1.54, 1.807) is 0 Å². The minimum absolute atomic E-state index is 0. The Morgan fingerprint density at radius 2 is 1.23 bits per heavy atom. The molecular formula is C20H43NO. The predicted molar refractivity (Wildman–Crippen MR) is 99.5 cm³/mol. The van der Waals surface area contributed by atoms with Gasteiger partial charge >= 0.3 is 0 Å². The fraction of sp³-hybridized carbons (Fsp3) is 1.00.